The Morgan fingerprint density at radius 3 is 2.62 bits per heavy atom. The molecule has 0 bridgehead atoms. The minimum Gasteiger partial charge on any atom is -0.352 e. The third kappa shape index (κ3) is 4.45. The van der Waals surface area contributed by atoms with Crippen LogP contribution in [0, 0.1) is 0 Å². The lowest BCUT2D eigenvalue weighted by Crippen LogP contribution is -2.39. The maximum absolute atomic E-state index is 11.6. The zero-order valence-electron chi connectivity index (χ0n) is 9.78. The van der Waals surface area contributed by atoms with Gasteiger partial charge in [-0.25, -0.2) is 0 Å². The summed E-state index contributed by atoms with van der Waals surface area (Å²) in [5, 5.41) is 2.92. The van der Waals surface area contributed by atoms with Crippen LogP contribution >= 0.6 is 0 Å². The summed E-state index contributed by atoms with van der Waals surface area (Å²) in [7, 11) is 0. The molecule has 1 amide bonds. The molecule has 3 N–H and O–H groups in total. The van der Waals surface area contributed by atoms with Crippen molar-refractivity contribution in [3.63, 3.8) is 0 Å². The zero-order valence-corrected chi connectivity index (χ0v) is 9.78. The molecule has 0 radical (unpaired) electrons. The van der Waals surface area contributed by atoms with Crippen LogP contribution in [-0.4, -0.2) is 18.5 Å². The van der Waals surface area contributed by atoms with E-state index in [0.717, 1.165) is 12.8 Å². The van der Waals surface area contributed by atoms with Crippen molar-refractivity contribution >= 4 is 5.91 Å². The second kappa shape index (κ2) is 7.01. The molecule has 0 spiro atoms. The standard InChI is InChI=1S/C13H20N2O/c1-2-12(10-14)15-13(16)9-8-11-6-4-3-5-7-11/h3-7,12H,2,8-10,14H2,1H3,(H,15,16). The Morgan fingerprint density at radius 1 is 1.38 bits per heavy atom. The van der Waals surface area contributed by atoms with Crippen LogP contribution in [0.15, 0.2) is 30.3 Å². The van der Waals surface area contributed by atoms with Crippen LogP contribution in [0.3, 0.4) is 0 Å². The highest BCUT2D eigenvalue weighted by Gasteiger charge is 2.07. The van der Waals surface area contributed by atoms with Crippen molar-refractivity contribution in [1.29, 1.82) is 0 Å². The number of benzene rings is 1. The molecule has 1 aromatic carbocycles. The number of nitrogens with one attached hydrogen (secondary N) is 1. The fraction of sp³-hybridized carbons (Fsp3) is 0.462. The van der Waals surface area contributed by atoms with E-state index in [1.54, 1.807) is 0 Å². The highest BCUT2D eigenvalue weighted by atomic mass is 16.1. The third-order valence-corrected chi connectivity index (χ3v) is 2.63. The molecule has 0 heterocycles. The number of nitrogens with two attached hydrogens (primary N) is 1. The van der Waals surface area contributed by atoms with Gasteiger partial charge in [0.2, 0.25) is 5.91 Å². The molecule has 1 rings (SSSR count). The van der Waals surface area contributed by atoms with E-state index in [2.05, 4.69) is 5.32 Å². The van der Waals surface area contributed by atoms with Gasteiger partial charge in [0.15, 0.2) is 0 Å². The first-order chi connectivity index (χ1) is 7.76. The van der Waals surface area contributed by atoms with E-state index in [4.69, 9.17) is 5.73 Å². The third-order valence-electron chi connectivity index (χ3n) is 2.63. The summed E-state index contributed by atoms with van der Waals surface area (Å²) >= 11 is 0. The van der Waals surface area contributed by atoms with Gasteiger partial charge < -0.3 is 11.1 Å². The Balaban J connectivity index is 2.30. The Kier molecular flexibility index (Phi) is 5.57. The Bertz CT molecular complexity index is 307. The number of hydrogen-bond acceptors (Lipinski definition) is 2. The first-order valence-electron chi connectivity index (χ1n) is 5.79. The van der Waals surface area contributed by atoms with E-state index in [0.29, 0.717) is 13.0 Å². The summed E-state index contributed by atoms with van der Waals surface area (Å²) in [5.41, 5.74) is 6.72. The lowest BCUT2D eigenvalue weighted by atomic mass is 10.1. The van der Waals surface area contributed by atoms with Crippen molar-refractivity contribution in [2.24, 2.45) is 5.73 Å². The number of carbonyl (C=O) groups excluding carboxylic acids is 1. The van der Waals surface area contributed by atoms with Crippen molar-refractivity contribution in [2.75, 3.05) is 6.54 Å². The molecule has 0 saturated carbocycles. The van der Waals surface area contributed by atoms with E-state index in [1.807, 2.05) is 37.3 Å². The van der Waals surface area contributed by atoms with Gasteiger partial charge in [0.25, 0.3) is 0 Å². The van der Waals surface area contributed by atoms with Gasteiger partial charge in [-0.05, 0) is 18.4 Å². The molecule has 0 aliphatic heterocycles. The van der Waals surface area contributed by atoms with Gasteiger partial charge in [0.1, 0.15) is 0 Å². The number of amides is 1. The SMILES string of the molecule is CCC(CN)NC(=O)CCc1ccccc1. The molecule has 16 heavy (non-hydrogen) atoms. The summed E-state index contributed by atoms with van der Waals surface area (Å²) in [6.45, 7) is 2.53. The predicted molar refractivity (Wildman–Crippen MR) is 66.0 cm³/mol. The van der Waals surface area contributed by atoms with Crippen molar-refractivity contribution in [3.8, 4) is 0 Å². The molecule has 0 aliphatic carbocycles. The van der Waals surface area contributed by atoms with Crippen molar-refractivity contribution < 1.29 is 4.79 Å². The number of rotatable bonds is 6. The topological polar surface area (TPSA) is 55.1 Å². The Morgan fingerprint density at radius 2 is 2.06 bits per heavy atom. The second-order valence-electron chi connectivity index (χ2n) is 3.89. The summed E-state index contributed by atoms with van der Waals surface area (Å²) in [4.78, 5) is 11.6. The molecule has 3 nitrogen and oxygen atoms in total. The quantitative estimate of drug-likeness (QED) is 0.763. The van der Waals surface area contributed by atoms with Crippen LogP contribution in [0.4, 0.5) is 0 Å². The van der Waals surface area contributed by atoms with Gasteiger partial charge in [0, 0.05) is 19.0 Å². The summed E-state index contributed by atoms with van der Waals surface area (Å²) in [6.07, 6.45) is 2.20. The summed E-state index contributed by atoms with van der Waals surface area (Å²) in [5.74, 6) is 0.0844. The average molecular weight is 220 g/mol. The highest BCUT2D eigenvalue weighted by Crippen LogP contribution is 2.02. The van der Waals surface area contributed by atoms with Gasteiger partial charge in [-0.1, -0.05) is 37.3 Å². The van der Waals surface area contributed by atoms with Crippen LogP contribution in [0.5, 0.6) is 0 Å². The van der Waals surface area contributed by atoms with Gasteiger partial charge in [0.05, 0.1) is 0 Å². The predicted octanol–water partition coefficient (Wildman–Crippen LogP) is 1.47. The van der Waals surface area contributed by atoms with Crippen LogP contribution < -0.4 is 11.1 Å². The number of hydrogen-bond donors (Lipinski definition) is 2. The van der Waals surface area contributed by atoms with Crippen molar-refractivity contribution in [2.45, 2.75) is 32.2 Å². The first-order valence-corrected chi connectivity index (χ1v) is 5.79. The second-order valence-corrected chi connectivity index (χ2v) is 3.89. The molecule has 1 aromatic rings. The van der Waals surface area contributed by atoms with E-state index in [-0.39, 0.29) is 11.9 Å². The minimum atomic E-state index is 0.0844. The van der Waals surface area contributed by atoms with Gasteiger partial charge >= 0.3 is 0 Å². The van der Waals surface area contributed by atoms with Crippen molar-refractivity contribution in [3.05, 3.63) is 35.9 Å². The van der Waals surface area contributed by atoms with Crippen molar-refractivity contribution in [1.82, 2.24) is 5.32 Å². The molecular formula is C13H20N2O. The fourth-order valence-electron chi connectivity index (χ4n) is 1.53. The number of aryl methyl sites for hydroxylation is 1. The molecule has 0 saturated heterocycles. The van der Waals surface area contributed by atoms with Crippen LogP contribution in [0.1, 0.15) is 25.3 Å². The Labute approximate surface area is 97.0 Å². The highest BCUT2D eigenvalue weighted by molar-refractivity contribution is 5.76. The van der Waals surface area contributed by atoms with Gasteiger partial charge in [-0.15, -0.1) is 0 Å². The largest absolute Gasteiger partial charge is 0.352 e. The van der Waals surface area contributed by atoms with E-state index in [1.165, 1.54) is 5.56 Å². The molecule has 1 atom stereocenters. The smallest absolute Gasteiger partial charge is 0.220 e. The summed E-state index contributed by atoms with van der Waals surface area (Å²) < 4.78 is 0. The normalized spacial score (nSPS) is 12.1. The molecule has 0 fully saturated rings. The maximum Gasteiger partial charge on any atom is 0.220 e. The first kappa shape index (κ1) is 12.7. The fourth-order valence-corrected chi connectivity index (χ4v) is 1.53. The molecule has 0 aliphatic rings. The number of carbonyl (C=O) groups is 1. The maximum atomic E-state index is 11.6. The van der Waals surface area contributed by atoms with Gasteiger partial charge in [-0.2, -0.15) is 0 Å². The average Bonchev–Trinajstić information content (AvgIpc) is 2.34. The lowest BCUT2D eigenvalue weighted by molar-refractivity contribution is -0.121. The minimum absolute atomic E-state index is 0.0844. The van der Waals surface area contributed by atoms with Gasteiger partial charge in [-0.3, -0.25) is 4.79 Å². The lowest BCUT2D eigenvalue weighted by Gasteiger charge is -2.14. The molecule has 3 heteroatoms. The zero-order chi connectivity index (χ0) is 11.8. The van der Waals surface area contributed by atoms with E-state index < -0.39 is 0 Å². The van der Waals surface area contributed by atoms with Crippen LogP contribution in [0.2, 0.25) is 0 Å². The molecule has 88 valence electrons. The van der Waals surface area contributed by atoms with Crippen LogP contribution in [-0.2, 0) is 11.2 Å². The molecule has 1 unspecified atom stereocenters. The monoisotopic (exact) mass is 220 g/mol. The molecule has 0 aromatic heterocycles. The summed E-state index contributed by atoms with van der Waals surface area (Å²) in [6, 6.07) is 10.1. The van der Waals surface area contributed by atoms with E-state index in [9.17, 15) is 4.79 Å². The van der Waals surface area contributed by atoms with E-state index >= 15 is 0 Å². The van der Waals surface area contributed by atoms with Crippen LogP contribution in [0.25, 0.3) is 0 Å². The molecular weight excluding hydrogens is 200 g/mol. The Hall–Kier alpha value is -1.35.